The molecule has 1 aromatic heterocycles. The maximum atomic E-state index is 6.34. The molecular weight excluding hydrogens is 339 g/mol. The number of nitrogens with one attached hydrogen (secondary N) is 1. The van der Waals surface area contributed by atoms with E-state index in [0.29, 0.717) is 12.0 Å². The zero-order valence-electron chi connectivity index (χ0n) is 12.6. The maximum Gasteiger partial charge on any atom is 0.0453 e. The number of halogens is 3. The van der Waals surface area contributed by atoms with Crippen LogP contribution in [-0.2, 0) is 0 Å². The third-order valence-electron chi connectivity index (χ3n) is 4.28. The molecule has 1 aliphatic heterocycles. The summed E-state index contributed by atoms with van der Waals surface area (Å²) in [6, 6.07) is 12.6. The minimum Gasteiger partial charge on any atom is -0.304 e. The average molecular weight is 360 g/mol. The van der Waals surface area contributed by atoms with Crippen molar-refractivity contribution in [2.24, 2.45) is 0 Å². The van der Waals surface area contributed by atoms with Crippen molar-refractivity contribution in [2.75, 3.05) is 0 Å². The second kappa shape index (κ2) is 7.65. The largest absolute Gasteiger partial charge is 0.304 e. The number of aromatic nitrogens is 1. The van der Waals surface area contributed by atoms with Crippen LogP contribution in [0.5, 0.6) is 0 Å². The predicted octanol–water partition coefficient (Wildman–Crippen LogP) is 5.18. The standard InChI is InChI=1S/C17H19ClN2.2ClH/c1-17(2)14(12-7-9-19-10-8-12)11-16(20-17)13-5-3-4-6-15(13)18;;/h3-10,14,16,20H,11H2,1-2H3;2*1H/t14-,16+;;/m0../s1. The first-order valence-corrected chi connectivity index (χ1v) is 7.38. The highest BCUT2D eigenvalue weighted by atomic mass is 35.5. The number of pyridine rings is 1. The van der Waals surface area contributed by atoms with Crippen LogP contribution < -0.4 is 5.32 Å². The van der Waals surface area contributed by atoms with Crippen molar-refractivity contribution in [3.63, 3.8) is 0 Å². The molecule has 0 unspecified atom stereocenters. The fourth-order valence-electron chi connectivity index (χ4n) is 3.25. The summed E-state index contributed by atoms with van der Waals surface area (Å²) >= 11 is 6.34. The second-order valence-corrected chi connectivity index (χ2v) is 6.42. The van der Waals surface area contributed by atoms with Gasteiger partial charge in [0.1, 0.15) is 0 Å². The molecule has 0 spiro atoms. The molecule has 22 heavy (non-hydrogen) atoms. The van der Waals surface area contributed by atoms with Gasteiger partial charge < -0.3 is 5.32 Å². The second-order valence-electron chi connectivity index (χ2n) is 6.01. The third-order valence-corrected chi connectivity index (χ3v) is 4.62. The number of hydrogen-bond donors (Lipinski definition) is 1. The number of hydrogen-bond acceptors (Lipinski definition) is 2. The molecule has 0 amide bonds. The fraction of sp³-hybridized carbons (Fsp3) is 0.353. The average Bonchev–Trinajstić information content (AvgIpc) is 2.76. The molecule has 5 heteroatoms. The molecule has 0 saturated carbocycles. The molecule has 1 aliphatic rings. The van der Waals surface area contributed by atoms with Gasteiger partial charge in [-0.3, -0.25) is 4.98 Å². The van der Waals surface area contributed by atoms with Crippen LogP contribution in [-0.4, -0.2) is 10.5 Å². The quantitative estimate of drug-likeness (QED) is 0.799. The lowest BCUT2D eigenvalue weighted by molar-refractivity contribution is 0.397. The molecule has 1 aromatic carbocycles. The van der Waals surface area contributed by atoms with Crippen molar-refractivity contribution >= 4 is 36.4 Å². The van der Waals surface area contributed by atoms with Crippen molar-refractivity contribution in [1.29, 1.82) is 0 Å². The summed E-state index contributed by atoms with van der Waals surface area (Å²) in [4.78, 5) is 4.11. The van der Waals surface area contributed by atoms with Crippen LogP contribution in [0.4, 0.5) is 0 Å². The van der Waals surface area contributed by atoms with Gasteiger partial charge in [-0.1, -0.05) is 29.8 Å². The summed E-state index contributed by atoms with van der Waals surface area (Å²) in [6.45, 7) is 4.52. The van der Waals surface area contributed by atoms with Crippen LogP contribution in [0.25, 0.3) is 0 Å². The molecule has 1 saturated heterocycles. The first-order chi connectivity index (χ1) is 9.58. The van der Waals surface area contributed by atoms with E-state index in [4.69, 9.17) is 11.6 Å². The van der Waals surface area contributed by atoms with Gasteiger partial charge in [0.15, 0.2) is 0 Å². The van der Waals surface area contributed by atoms with Crippen LogP contribution >= 0.6 is 36.4 Å². The van der Waals surface area contributed by atoms with Gasteiger partial charge in [-0.05, 0) is 49.6 Å². The van der Waals surface area contributed by atoms with Crippen LogP contribution in [0, 0.1) is 0 Å². The fourth-order valence-corrected chi connectivity index (χ4v) is 3.52. The van der Waals surface area contributed by atoms with E-state index in [1.165, 1.54) is 11.1 Å². The Bertz CT molecular complexity index is 602. The summed E-state index contributed by atoms with van der Waals surface area (Å²) in [5.41, 5.74) is 2.58. The SMILES string of the molecule is CC1(C)N[C@@H](c2ccccc2Cl)C[C@H]1c1ccncc1.Cl.Cl. The minimum absolute atomic E-state index is 0. The van der Waals surface area contributed by atoms with Crippen molar-refractivity contribution in [3.8, 4) is 0 Å². The Morgan fingerprint density at radius 3 is 2.36 bits per heavy atom. The Kier molecular flexibility index (Phi) is 6.69. The lowest BCUT2D eigenvalue weighted by Gasteiger charge is -2.27. The molecule has 120 valence electrons. The lowest BCUT2D eigenvalue weighted by atomic mass is 9.83. The van der Waals surface area contributed by atoms with E-state index in [9.17, 15) is 0 Å². The molecule has 2 aromatic rings. The van der Waals surface area contributed by atoms with Crippen LogP contribution in [0.15, 0.2) is 48.8 Å². The third kappa shape index (κ3) is 3.75. The minimum atomic E-state index is 0. The van der Waals surface area contributed by atoms with E-state index in [1.54, 1.807) is 0 Å². The van der Waals surface area contributed by atoms with E-state index < -0.39 is 0 Å². The highest BCUT2D eigenvalue weighted by Crippen LogP contribution is 2.44. The molecule has 2 heterocycles. The topological polar surface area (TPSA) is 24.9 Å². The summed E-state index contributed by atoms with van der Waals surface area (Å²) in [5, 5.41) is 4.57. The molecule has 1 N–H and O–H groups in total. The van der Waals surface area contributed by atoms with Gasteiger partial charge >= 0.3 is 0 Å². The Labute approximate surface area is 149 Å². The monoisotopic (exact) mass is 358 g/mol. The zero-order valence-corrected chi connectivity index (χ0v) is 15.0. The molecular formula is C17H21Cl3N2. The van der Waals surface area contributed by atoms with Gasteiger partial charge in [0.2, 0.25) is 0 Å². The molecule has 2 atom stereocenters. The lowest BCUT2D eigenvalue weighted by Crippen LogP contribution is -2.37. The molecule has 1 fully saturated rings. The van der Waals surface area contributed by atoms with Gasteiger partial charge in [-0.15, -0.1) is 24.8 Å². The number of nitrogens with zero attached hydrogens (tertiary/aromatic N) is 1. The van der Waals surface area contributed by atoms with Crippen molar-refractivity contribution in [3.05, 3.63) is 64.9 Å². The van der Waals surface area contributed by atoms with E-state index in [2.05, 4.69) is 48.4 Å². The first-order valence-electron chi connectivity index (χ1n) is 7.00. The summed E-state index contributed by atoms with van der Waals surface area (Å²) in [5.74, 6) is 0.465. The summed E-state index contributed by atoms with van der Waals surface area (Å²) in [7, 11) is 0. The highest BCUT2D eigenvalue weighted by molar-refractivity contribution is 6.31. The Hall–Kier alpha value is -0.800. The van der Waals surface area contributed by atoms with Crippen molar-refractivity contribution in [1.82, 2.24) is 10.3 Å². The van der Waals surface area contributed by atoms with Gasteiger partial charge in [0, 0.05) is 34.9 Å². The Morgan fingerprint density at radius 1 is 1.09 bits per heavy atom. The van der Waals surface area contributed by atoms with Crippen LogP contribution in [0.1, 0.15) is 43.4 Å². The van der Waals surface area contributed by atoms with E-state index >= 15 is 0 Å². The number of rotatable bonds is 2. The highest BCUT2D eigenvalue weighted by Gasteiger charge is 2.41. The molecule has 0 aliphatic carbocycles. The number of benzene rings is 1. The molecule has 3 rings (SSSR count). The van der Waals surface area contributed by atoms with E-state index in [-0.39, 0.29) is 30.4 Å². The molecule has 0 bridgehead atoms. The Balaban J connectivity index is 0.00000121. The first kappa shape index (κ1) is 19.2. The smallest absolute Gasteiger partial charge is 0.0453 e. The van der Waals surface area contributed by atoms with Gasteiger partial charge in [-0.25, -0.2) is 0 Å². The van der Waals surface area contributed by atoms with Crippen molar-refractivity contribution < 1.29 is 0 Å². The van der Waals surface area contributed by atoms with Gasteiger partial charge in [-0.2, -0.15) is 0 Å². The molecule has 0 radical (unpaired) electrons. The predicted molar refractivity (Wildman–Crippen MR) is 97.5 cm³/mol. The summed E-state index contributed by atoms with van der Waals surface area (Å²) in [6.07, 6.45) is 4.79. The van der Waals surface area contributed by atoms with Crippen LogP contribution in [0.3, 0.4) is 0 Å². The zero-order chi connectivity index (χ0) is 14.2. The van der Waals surface area contributed by atoms with Gasteiger partial charge in [0.05, 0.1) is 0 Å². The van der Waals surface area contributed by atoms with Crippen molar-refractivity contribution in [2.45, 2.75) is 37.8 Å². The molecule has 2 nitrogen and oxygen atoms in total. The van der Waals surface area contributed by atoms with Crippen LogP contribution in [0.2, 0.25) is 5.02 Å². The van der Waals surface area contributed by atoms with E-state index in [1.807, 2.05) is 24.5 Å². The van der Waals surface area contributed by atoms with Gasteiger partial charge in [0.25, 0.3) is 0 Å². The van der Waals surface area contributed by atoms with E-state index in [0.717, 1.165) is 11.4 Å². The maximum absolute atomic E-state index is 6.34. The summed E-state index contributed by atoms with van der Waals surface area (Å²) < 4.78 is 0. The normalized spacial score (nSPS) is 22.5. The Morgan fingerprint density at radius 2 is 1.73 bits per heavy atom.